The number of carbonyl (C=O) groups excluding carboxylic acids is 3. The Balaban J connectivity index is 1.70. The summed E-state index contributed by atoms with van der Waals surface area (Å²) in [6.07, 6.45) is 1.28. The summed E-state index contributed by atoms with van der Waals surface area (Å²) in [7, 11) is 0. The fourth-order valence-corrected chi connectivity index (χ4v) is 3.79. The van der Waals surface area contributed by atoms with Crippen LogP contribution in [0.1, 0.15) is 35.8 Å². The number of urea groups is 1. The number of imide groups is 1. The molecule has 0 bridgehead atoms. The van der Waals surface area contributed by atoms with Gasteiger partial charge in [-0.05, 0) is 12.3 Å². The summed E-state index contributed by atoms with van der Waals surface area (Å²) in [6, 6.07) is -0.493. The minimum Gasteiger partial charge on any atom is -0.334 e. The van der Waals surface area contributed by atoms with Crippen LogP contribution < -0.4 is 10.6 Å². The van der Waals surface area contributed by atoms with Gasteiger partial charge < -0.3 is 10.2 Å². The molecule has 22 heavy (non-hydrogen) atoms. The van der Waals surface area contributed by atoms with Crippen LogP contribution in [0.2, 0.25) is 0 Å². The minimum absolute atomic E-state index is 0.183. The molecule has 0 unspecified atom stereocenters. The maximum absolute atomic E-state index is 12.5. The molecule has 0 aromatic carbocycles. The van der Waals surface area contributed by atoms with Crippen LogP contribution in [0.5, 0.6) is 0 Å². The monoisotopic (exact) mass is 322 g/mol. The highest BCUT2D eigenvalue weighted by Crippen LogP contribution is 2.26. The number of hydrogen-bond donors (Lipinski definition) is 2. The number of nitrogens with zero attached hydrogens (tertiary/aromatic N) is 2. The average molecular weight is 322 g/mol. The molecule has 3 rings (SSSR count). The van der Waals surface area contributed by atoms with Crippen molar-refractivity contribution in [2.45, 2.75) is 32.2 Å². The Bertz CT molecular complexity index is 642. The molecule has 118 valence electrons. The number of hydrogen-bond acceptors (Lipinski definition) is 5. The number of rotatable bonds is 3. The maximum Gasteiger partial charge on any atom is 0.322 e. The first kappa shape index (κ1) is 15.0. The number of carbonyl (C=O) groups is 3. The van der Waals surface area contributed by atoms with Crippen LogP contribution in [0.3, 0.4) is 0 Å². The second-order valence-corrected chi connectivity index (χ2v) is 7.13. The molecule has 1 aromatic heterocycles. The third-order valence-electron chi connectivity index (χ3n) is 3.92. The molecule has 3 heterocycles. The van der Waals surface area contributed by atoms with Crippen LogP contribution in [-0.2, 0) is 11.2 Å². The van der Waals surface area contributed by atoms with Gasteiger partial charge in [0.1, 0.15) is 11.2 Å². The van der Waals surface area contributed by atoms with Gasteiger partial charge in [0, 0.05) is 18.3 Å². The van der Waals surface area contributed by atoms with Crippen LogP contribution in [0.4, 0.5) is 4.79 Å². The molecular weight excluding hydrogens is 304 g/mol. The summed E-state index contributed by atoms with van der Waals surface area (Å²) < 4.78 is 0. The molecule has 1 atom stereocenters. The van der Waals surface area contributed by atoms with Gasteiger partial charge in [0.2, 0.25) is 0 Å². The number of nitrogens with one attached hydrogen (secondary N) is 2. The second-order valence-electron chi connectivity index (χ2n) is 6.19. The van der Waals surface area contributed by atoms with Crippen molar-refractivity contribution in [3.8, 4) is 0 Å². The molecule has 8 heteroatoms. The molecule has 2 aliphatic rings. The van der Waals surface area contributed by atoms with Gasteiger partial charge in [0.15, 0.2) is 0 Å². The van der Waals surface area contributed by atoms with Gasteiger partial charge in [-0.3, -0.25) is 14.9 Å². The fourth-order valence-electron chi connectivity index (χ4n) is 2.81. The lowest BCUT2D eigenvalue weighted by molar-refractivity contribution is -0.123. The van der Waals surface area contributed by atoms with Crippen molar-refractivity contribution in [1.82, 2.24) is 20.5 Å². The van der Waals surface area contributed by atoms with Crippen LogP contribution in [0.15, 0.2) is 5.38 Å². The van der Waals surface area contributed by atoms with E-state index < -0.39 is 11.6 Å². The zero-order valence-corrected chi connectivity index (χ0v) is 13.3. The van der Waals surface area contributed by atoms with Gasteiger partial charge in [0.05, 0.1) is 11.6 Å². The summed E-state index contributed by atoms with van der Waals surface area (Å²) in [4.78, 5) is 41.7. The van der Waals surface area contributed by atoms with Crippen LogP contribution >= 0.6 is 11.3 Å². The SMILES string of the molecule is CC(C)Cc1nc(C(=O)N2CC[C@@]3(C2)NC(=O)NC3=O)cs1. The average Bonchev–Trinajstić information content (AvgIpc) is 3.10. The molecule has 4 amide bonds. The van der Waals surface area contributed by atoms with Crippen LogP contribution in [0.25, 0.3) is 0 Å². The molecule has 2 fully saturated rings. The molecule has 2 N–H and O–H groups in total. The Morgan fingerprint density at radius 3 is 2.91 bits per heavy atom. The van der Waals surface area contributed by atoms with Crippen LogP contribution in [0, 0.1) is 5.92 Å². The standard InChI is InChI=1S/C14H18N4O3S/c1-8(2)5-10-15-9(6-22-10)11(19)18-4-3-14(7-18)12(20)16-13(21)17-14/h6,8H,3-5,7H2,1-2H3,(H2,16,17,20,21)/t14-/m0/s1. The Kier molecular flexibility index (Phi) is 3.64. The number of thiazole rings is 1. The van der Waals surface area contributed by atoms with Gasteiger partial charge in [-0.2, -0.15) is 0 Å². The molecule has 0 aliphatic carbocycles. The van der Waals surface area contributed by atoms with Crippen molar-refractivity contribution in [3.63, 3.8) is 0 Å². The maximum atomic E-state index is 12.5. The first-order valence-electron chi connectivity index (χ1n) is 7.27. The van der Waals surface area contributed by atoms with E-state index in [0.29, 0.717) is 24.6 Å². The molecule has 0 saturated carbocycles. The number of aromatic nitrogens is 1. The molecule has 7 nitrogen and oxygen atoms in total. The van der Waals surface area contributed by atoms with E-state index in [1.54, 1.807) is 10.3 Å². The van der Waals surface area contributed by atoms with E-state index in [-0.39, 0.29) is 18.4 Å². The van der Waals surface area contributed by atoms with Crippen molar-refractivity contribution in [2.75, 3.05) is 13.1 Å². The van der Waals surface area contributed by atoms with Crippen molar-refractivity contribution in [1.29, 1.82) is 0 Å². The summed E-state index contributed by atoms with van der Waals surface area (Å²) in [5.41, 5.74) is -0.550. The normalized spacial score (nSPS) is 24.2. The van der Waals surface area contributed by atoms with Gasteiger partial charge in [-0.1, -0.05) is 13.8 Å². The highest BCUT2D eigenvalue weighted by molar-refractivity contribution is 7.09. The van der Waals surface area contributed by atoms with Gasteiger partial charge in [0.25, 0.3) is 11.8 Å². The first-order chi connectivity index (χ1) is 10.4. The Morgan fingerprint density at radius 2 is 2.27 bits per heavy atom. The fraction of sp³-hybridized carbons (Fsp3) is 0.571. The molecular formula is C14H18N4O3S. The highest BCUT2D eigenvalue weighted by Gasteiger charge is 2.51. The molecule has 2 saturated heterocycles. The molecule has 0 radical (unpaired) electrons. The van der Waals surface area contributed by atoms with E-state index in [2.05, 4.69) is 29.5 Å². The van der Waals surface area contributed by atoms with E-state index in [1.807, 2.05) is 0 Å². The molecule has 2 aliphatic heterocycles. The predicted molar refractivity (Wildman–Crippen MR) is 80.6 cm³/mol. The van der Waals surface area contributed by atoms with Crippen LogP contribution in [-0.4, -0.2) is 46.4 Å². The second kappa shape index (κ2) is 5.35. The van der Waals surface area contributed by atoms with Gasteiger partial charge in [-0.15, -0.1) is 11.3 Å². The molecule has 1 aromatic rings. The Labute approximate surface area is 132 Å². The van der Waals surface area contributed by atoms with Gasteiger partial charge in [-0.25, -0.2) is 9.78 Å². The van der Waals surface area contributed by atoms with Crippen molar-refractivity contribution in [2.24, 2.45) is 5.92 Å². The smallest absolute Gasteiger partial charge is 0.322 e. The third kappa shape index (κ3) is 2.58. The predicted octanol–water partition coefficient (Wildman–Crippen LogP) is 0.766. The lowest BCUT2D eigenvalue weighted by Gasteiger charge is -2.20. The summed E-state index contributed by atoms with van der Waals surface area (Å²) in [5.74, 6) is -0.0507. The van der Waals surface area contributed by atoms with Gasteiger partial charge >= 0.3 is 6.03 Å². The quantitative estimate of drug-likeness (QED) is 0.804. The van der Waals surface area contributed by atoms with E-state index in [0.717, 1.165) is 11.4 Å². The Morgan fingerprint density at radius 1 is 1.50 bits per heavy atom. The lowest BCUT2D eigenvalue weighted by atomic mass is 10.00. The van der Waals surface area contributed by atoms with E-state index in [4.69, 9.17) is 0 Å². The van der Waals surface area contributed by atoms with Crippen molar-refractivity contribution in [3.05, 3.63) is 16.1 Å². The van der Waals surface area contributed by atoms with E-state index >= 15 is 0 Å². The number of likely N-dealkylation sites (tertiary alicyclic amines) is 1. The Hall–Kier alpha value is -1.96. The third-order valence-corrected chi connectivity index (χ3v) is 4.80. The summed E-state index contributed by atoms with van der Waals surface area (Å²) in [5, 5.41) is 7.58. The van der Waals surface area contributed by atoms with Crippen molar-refractivity contribution >= 4 is 29.2 Å². The van der Waals surface area contributed by atoms with Crippen molar-refractivity contribution < 1.29 is 14.4 Å². The molecule has 1 spiro atoms. The highest BCUT2D eigenvalue weighted by atomic mass is 32.1. The topological polar surface area (TPSA) is 91.4 Å². The van der Waals surface area contributed by atoms with E-state index in [1.165, 1.54) is 11.3 Å². The largest absolute Gasteiger partial charge is 0.334 e. The first-order valence-corrected chi connectivity index (χ1v) is 8.15. The van der Waals surface area contributed by atoms with E-state index in [9.17, 15) is 14.4 Å². The minimum atomic E-state index is -0.969. The zero-order valence-electron chi connectivity index (χ0n) is 12.5. The zero-order chi connectivity index (χ0) is 15.9. The summed E-state index contributed by atoms with van der Waals surface area (Å²) >= 11 is 1.48. The summed E-state index contributed by atoms with van der Waals surface area (Å²) in [6.45, 7) is 4.84. The number of amides is 4. The lowest BCUT2D eigenvalue weighted by Crippen LogP contribution is -2.49.